The van der Waals surface area contributed by atoms with Crippen LogP contribution in [0, 0.1) is 0 Å². The van der Waals surface area contributed by atoms with Crippen molar-refractivity contribution in [1.29, 1.82) is 0 Å². The van der Waals surface area contributed by atoms with Gasteiger partial charge in [0.2, 0.25) is 10.0 Å². The van der Waals surface area contributed by atoms with Crippen LogP contribution in [0.5, 0.6) is 0 Å². The van der Waals surface area contributed by atoms with Gasteiger partial charge in [-0.2, -0.15) is 4.31 Å². The normalized spacial score (nSPS) is 24.0. The third kappa shape index (κ3) is 3.55. The summed E-state index contributed by atoms with van der Waals surface area (Å²) in [6, 6.07) is 6.86. The zero-order valence-corrected chi connectivity index (χ0v) is 13.1. The van der Waals surface area contributed by atoms with E-state index in [0.29, 0.717) is 18.8 Å². The fourth-order valence-corrected chi connectivity index (χ4v) is 4.18. The van der Waals surface area contributed by atoms with E-state index in [-0.39, 0.29) is 24.2 Å². The van der Waals surface area contributed by atoms with Crippen molar-refractivity contribution in [2.45, 2.75) is 31.0 Å². The Labute approximate surface area is 125 Å². The van der Waals surface area contributed by atoms with Gasteiger partial charge in [-0.25, -0.2) is 8.42 Å². The molecule has 0 aromatic heterocycles. The molecule has 0 amide bonds. The summed E-state index contributed by atoms with van der Waals surface area (Å²) >= 11 is 0. The minimum Gasteiger partial charge on any atom is -0.394 e. The van der Waals surface area contributed by atoms with Crippen molar-refractivity contribution >= 4 is 15.7 Å². The Hall–Kier alpha value is -1.15. The number of aliphatic hydroxyl groups is 1. The molecule has 1 fully saturated rings. The predicted octanol–water partition coefficient (Wildman–Crippen LogP) is 0.889. The molecule has 2 unspecified atom stereocenters. The molecule has 1 aliphatic rings. The van der Waals surface area contributed by atoms with Gasteiger partial charge < -0.3 is 15.2 Å². The maximum atomic E-state index is 12.8. The highest BCUT2D eigenvalue weighted by Gasteiger charge is 2.34. The summed E-state index contributed by atoms with van der Waals surface area (Å²) in [6.07, 6.45) is -0.716. The molecule has 118 valence electrons. The largest absolute Gasteiger partial charge is 0.394 e. The highest BCUT2D eigenvalue weighted by molar-refractivity contribution is 7.89. The van der Waals surface area contributed by atoms with E-state index in [1.165, 1.54) is 4.31 Å². The quantitative estimate of drug-likeness (QED) is 0.844. The Morgan fingerprint density at radius 3 is 2.76 bits per heavy atom. The standard InChI is InChI=1S/C14H22N2O4S/c1-3-15-13-6-4-5-7-14(13)21(18,19)16-8-11(2)20-12(9-16)10-17/h4-7,11-12,15,17H,3,8-10H2,1-2H3. The summed E-state index contributed by atoms with van der Waals surface area (Å²) < 4.78 is 32.6. The Kier molecular flexibility index (Phi) is 5.21. The minimum atomic E-state index is -3.61. The zero-order valence-electron chi connectivity index (χ0n) is 12.3. The molecular weight excluding hydrogens is 292 g/mol. The number of ether oxygens (including phenoxy) is 1. The fraction of sp³-hybridized carbons (Fsp3) is 0.571. The number of hydrogen-bond acceptors (Lipinski definition) is 5. The highest BCUT2D eigenvalue weighted by atomic mass is 32.2. The van der Waals surface area contributed by atoms with Crippen molar-refractivity contribution in [3.63, 3.8) is 0 Å². The molecule has 6 nitrogen and oxygen atoms in total. The van der Waals surface area contributed by atoms with Crippen LogP contribution in [0.3, 0.4) is 0 Å². The smallest absolute Gasteiger partial charge is 0.245 e. The van der Waals surface area contributed by atoms with E-state index in [4.69, 9.17) is 4.74 Å². The van der Waals surface area contributed by atoms with Crippen LogP contribution >= 0.6 is 0 Å². The number of nitrogens with zero attached hydrogens (tertiary/aromatic N) is 1. The summed E-state index contributed by atoms with van der Waals surface area (Å²) in [5.41, 5.74) is 0.597. The van der Waals surface area contributed by atoms with Crippen LogP contribution in [0.25, 0.3) is 0 Å². The molecule has 2 atom stereocenters. The number of para-hydroxylation sites is 1. The van der Waals surface area contributed by atoms with Gasteiger partial charge in [-0.3, -0.25) is 0 Å². The molecule has 1 aromatic rings. The molecule has 1 saturated heterocycles. The van der Waals surface area contributed by atoms with Crippen molar-refractivity contribution < 1.29 is 18.3 Å². The second-order valence-electron chi connectivity index (χ2n) is 5.10. The molecule has 2 N–H and O–H groups in total. The van der Waals surface area contributed by atoms with E-state index in [1.807, 2.05) is 6.92 Å². The van der Waals surface area contributed by atoms with Gasteiger partial charge in [0.15, 0.2) is 0 Å². The highest BCUT2D eigenvalue weighted by Crippen LogP contribution is 2.26. The van der Waals surface area contributed by atoms with Crippen LogP contribution in [0.2, 0.25) is 0 Å². The van der Waals surface area contributed by atoms with Crippen molar-refractivity contribution in [1.82, 2.24) is 4.31 Å². The molecule has 0 aliphatic carbocycles. The molecule has 0 saturated carbocycles. The van der Waals surface area contributed by atoms with Gasteiger partial charge in [-0.1, -0.05) is 12.1 Å². The molecule has 1 aliphatic heterocycles. The second-order valence-corrected chi connectivity index (χ2v) is 7.01. The number of benzene rings is 1. The number of hydrogen-bond donors (Lipinski definition) is 2. The van der Waals surface area contributed by atoms with E-state index >= 15 is 0 Å². The number of morpholine rings is 1. The molecule has 1 aromatic carbocycles. The Balaban J connectivity index is 2.33. The van der Waals surface area contributed by atoms with Gasteiger partial charge in [0.1, 0.15) is 4.90 Å². The molecule has 2 rings (SSSR count). The van der Waals surface area contributed by atoms with Gasteiger partial charge in [0.25, 0.3) is 0 Å². The lowest BCUT2D eigenvalue weighted by molar-refractivity contribution is -0.0750. The lowest BCUT2D eigenvalue weighted by atomic mass is 10.2. The molecule has 0 spiro atoms. The third-order valence-corrected chi connectivity index (χ3v) is 5.26. The number of rotatable bonds is 5. The van der Waals surface area contributed by atoms with E-state index < -0.39 is 16.1 Å². The summed E-state index contributed by atoms with van der Waals surface area (Å²) in [6.45, 7) is 4.64. The van der Waals surface area contributed by atoms with Crippen LogP contribution in [0.4, 0.5) is 5.69 Å². The third-order valence-electron chi connectivity index (χ3n) is 3.37. The van der Waals surface area contributed by atoms with Gasteiger partial charge in [-0.05, 0) is 26.0 Å². The van der Waals surface area contributed by atoms with Crippen molar-refractivity contribution in [3.05, 3.63) is 24.3 Å². The molecule has 0 radical (unpaired) electrons. The van der Waals surface area contributed by atoms with Gasteiger partial charge in [0.05, 0.1) is 24.5 Å². The first-order valence-electron chi connectivity index (χ1n) is 7.08. The summed E-state index contributed by atoms with van der Waals surface area (Å²) in [5, 5.41) is 12.3. The minimum absolute atomic E-state index is 0.170. The van der Waals surface area contributed by atoms with E-state index in [1.54, 1.807) is 31.2 Å². The van der Waals surface area contributed by atoms with Crippen LogP contribution in [0.1, 0.15) is 13.8 Å². The number of nitrogens with one attached hydrogen (secondary N) is 1. The number of anilines is 1. The molecule has 1 heterocycles. The van der Waals surface area contributed by atoms with Crippen LogP contribution in [-0.2, 0) is 14.8 Å². The average molecular weight is 314 g/mol. The fourth-order valence-electron chi connectivity index (χ4n) is 2.47. The number of aliphatic hydroxyl groups excluding tert-OH is 1. The molecule has 0 bridgehead atoms. The average Bonchev–Trinajstić information content (AvgIpc) is 2.47. The first kappa shape index (κ1) is 16.2. The molecule has 21 heavy (non-hydrogen) atoms. The SMILES string of the molecule is CCNc1ccccc1S(=O)(=O)N1CC(C)OC(CO)C1. The molecular formula is C14H22N2O4S. The van der Waals surface area contributed by atoms with Gasteiger partial charge in [0, 0.05) is 19.6 Å². The van der Waals surface area contributed by atoms with Gasteiger partial charge in [-0.15, -0.1) is 0 Å². The van der Waals surface area contributed by atoms with E-state index in [2.05, 4.69) is 5.32 Å². The summed E-state index contributed by atoms with van der Waals surface area (Å²) in [5.74, 6) is 0. The number of sulfonamides is 1. The maximum Gasteiger partial charge on any atom is 0.245 e. The predicted molar refractivity (Wildman–Crippen MR) is 80.8 cm³/mol. The van der Waals surface area contributed by atoms with Gasteiger partial charge >= 0.3 is 0 Å². The Bertz CT molecular complexity index is 576. The van der Waals surface area contributed by atoms with Crippen molar-refractivity contribution in [3.8, 4) is 0 Å². The van der Waals surface area contributed by atoms with E-state index in [9.17, 15) is 13.5 Å². The monoisotopic (exact) mass is 314 g/mol. The summed E-state index contributed by atoms with van der Waals surface area (Å²) in [7, 11) is -3.61. The zero-order chi connectivity index (χ0) is 15.5. The topological polar surface area (TPSA) is 78.9 Å². The first-order chi connectivity index (χ1) is 9.98. The van der Waals surface area contributed by atoms with Crippen LogP contribution in [-0.4, -0.2) is 56.3 Å². The Morgan fingerprint density at radius 1 is 1.38 bits per heavy atom. The second kappa shape index (κ2) is 6.74. The van der Waals surface area contributed by atoms with Crippen LogP contribution < -0.4 is 5.32 Å². The lowest BCUT2D eigenvalue weighted by Gasteiger charge is -2.35. The van der Waals surface area contributed by atoms with Crippen molar-refractivity contribution in [2.75, 3.05) is 31.6 Å². The maximum absolute atomic E-state index is 12.8. The molecule has 7 heteroatoms. The van der Waals surface area contributed by atoms with Crippen molar-refractivity contribution in [2.24, 2.45) is 0 Å². The first-order valence-corrected chi connectivity index (χ1v) is 8.52. The van der Waals surface area contributed by atoms with Crippen LogP contribution in [0.15, 0.2) is 29.2 Å². The Morgan fingerprint density at radius 2 is 2.10 bits per heavy atom. The van der Waals surface area contributed by atoms with E-state index in [0.717, 1.165) is 0 Å². The lowest BCUT2D eigenvalue weighted by Crippen LogP contribution is -2.50. The summed E-state index contributed by atoms with van der Waals surface area (Å²) in [4.78, 5) is 0.262.